The normalized spacial score (nSPS) is 15.3. The fourth-order valence-corrected chi connectivity index (χ4v) is 2.51. The molecule has 20 heteroatoms. The Kier molecular flexibility index (Phi) is 8.09. The maximum absolute atomic E-state index is 13.8. The zero-order valence-corrected chi connectivity index (χ0v) is 16.6. The molecule has 1 rings (SSSR count). The molecular formula is C16H10BF17O2. The third kappa shape index (κ3) is 4.69. The Morgan fingerprint density at radius 2 is 0.833 bits per heavy atom. The molecular weight excluding hydrogens is 558 g/mol. The predicted octanol–water partition coefficient (Wildman–Crippen LogP) is 5.31. The van der Waals surface area contributed by atoms with Crippen LogP contribution in [0.1, 0.15) is 12.0 Å². The molecule has 0 aliphatic rings. The highest BCUT2D eigenvalue weighted by Gasteiger charge is 2.95. The topological polar surface area (TPSA) is 40.5 Å². The van der Waals surface area contributed by atoms with E-state index in [2.05, 4.69) is 0 Å². The van der Waals surface area contributed by atoms with E-state index < -0.39 is 73.2 Å². The van der Waals surface area contributed by atoms with Crippen LogP contribution in [-0.4, -0.2) is 64.8 Å². The molecule has 0 aliphatic carbocycles. The van der Waals surface area contributed by atoms with Gasteiger partial charge in [0.05, 0.1) is 0 Å². The van der Waals surface area contributed by atoms with Crippen molar-refractivity contribution in [2.45, 2.75) is 60.5 Å². The fourth-order valence-electron chi connectivity index (χ4n) is 2.51. The first-order valence-corrected chi connectivity index (χ1v) is 8.80. The van der Waals surface area contributed by atoms with Gasteiger partial charge in [-0.3, -0.25) is 0 Å². The molecule has 1 aromatic carbocycles. The quantitative estimate of drug-likeness (QED) is 0.297. The van der Waals surface area contributed by atoms with Gasteiger partial charge in [-0.15, -0.1) is 0 Å². The average Bonchev–Trinajstić information content (AvgIpc) is 2.70. The molecule has 2 nitrogen and oxygen atoms in total. The largest absolute Gasteiger partial charge is 0.488 e. The second-order valence-electron chi connectivity index (χ2n) is 7.26. The van der Waals surface area contributed by atoms with Gasteiger partial charge < -0.3 is 10.0 Å². The van der Waals surface area contributed by atoms with Crippen LogP contribution < -0.4 is 5.46 Å². The zero-order valence-electron chi connectivity index (χ0n) is 16.6. The molecule has 0 unspecified atom stereocenters. The van der Waals surface area contributed by atoms with E-state index in [0.29, 0.717) is 12.1 Å². The van der Waals surface area contributed by atoms with E-state index >= 15 is 0 Å². The number of hydrogen-bond acceptors (Lipinski definition) is 2. The first kappa shape index (κ1) is 32.0. The Hall–Kier alpha value is -1.99. The van der Waals surface area contributed by atoms with Gasteiger partial charge in [-0.25, -0.2) is 0 Å². The van der Waals surface area contributed by atoms with Crippen molar-refractivity contribution in [3.05, 3.63) is 29.8 Å². The summed E-state index contributed by atoms with van der Waals surface area (Å²) in [4.78, 5) is 0. The Labute approximate surface area is 188 Å². The van der Waals surface area contributed by atoms with Crippen LogP contribution in [0.3, 0.4) is 0 Å². The summed E-state index contributed by atoms with van der Waals surface area (Å²) < 4.78 is 224. The number of rotatable bonds is 10. The summed E-state index contributed by atoms with van der Waals surface area (Å²) in [5.41, 5.74) is -0.799. The van der Waals surface area contributed by atoms with E-state index in [4.69, 9.17) is 10.0 Å². The first-order chi connectivity index (χ1) is 15.6. The van der Waals surface area contributed by atoms with Crippen molar-refractivity contribution in [3.8, 4) is 0 Å². The summed E-state index contributed by atoms with van der Waals surface area (Å²) in [6.45, 7) is 0. The lowest BCUT2D eigenvalue weighted by molar-refractivity contribution is -0.461. The molecule has 0 fully saturated rings. The van der Waals surface area contributed by atoms with E-state index in [1.54, 1.807) is 0 Å². The van der Waals surface area contributed by atoms with E-state index in [1.807, 2.05) is 0 Å². The molecule has 0 atom stereocenters. The van der Waals surface area contributed by atoms with Crippen molar-refractivity contribution in [1.29, 1.82) is 0 Å². The third-order valence-electron chi connectivity index (χ3n) is 4.79. The van der Waals surface area contributed by atoms with Gasteiger partial charge in [0.1, 0.15) is 0 Å². The van der Waals surface area contributed by atoms with Crippen LogP contribution in [0.5, 0.6) is 0 Å². The molecule has 0 saturated heterocycles. The lowest BCUT2D eigenvalue weighted by Gasteiger charge is -2.42. The molecule has 0 aliphatic heterocycles. The molecule has 0 amide bonds. The minimum atomic E-state index is -8.65. The van der Waals surface area contributed by atoms with Crippen molar-refractivity contribution in [1.82, 2.24) is 0 Å². The van der Waals surface area contributed by atoms with Crippen molar-refractivity contribution in [2.24, 2.45) is 0 Å². The van der Waals surface area contributed by atoms with Crippen molar-refractivity contribution in [3.63, 3.8) is 0 Å². The van der Waals surface area contributed by atoms with Crippen LogP contribution in [0.4, 0.5) is 74.6 Å². The first-order valence-electron chi connectivity index (χ1n) is 8.80. The molecule has 1 aromatic rings. The molecule has 0 aromatic heterocycles. The van der Waals surface area contributed by atoms with Gasteiger partial charge in [0.2, 0.25) is 0 Å². The molecule has 0 heterocycles. The number of benzene rings is 1. The smallest absolute Gasteiger partial charge is 0.423 e. The third-order valence-corrected chi connectivity index (χ3v) is 4.79. The Morgan fingerprint density at radius 3 is 1.17 bits per heavy atom. The summed E-state index contributed by atoms with van der Waals surface area (Å²) in [5, 5.41) is 17.6. The standard InChI is InChI=1S/C16H10BF17O2/c18-9(19,6-5-7-1-3-8(4-2-7)17(35)36)10(20,21)11(22,23)12(24,25)13(26,27)14(28,29)15(30,31)16(32,33)34/h1-4,35-36H,5-6H2. The van der Waals surface area contributed by atoms with Gasteiger partial charge in [-0.2, -0.15) is 74.6 Å². The summed E-state index contributed by atoms with van der Waals surface area (Å²) in [6, 6.07) is 2.98. The summed E-state index contributed by atoms with van der Waals surface area (Å²) in [6.07, 6.45) is -11.8. The molecule has 0 radical (unpaired) electrons. The van der Waals surface area contributed by atoms with Gasteiger partial charge in [0, 0.05) is 6.42 Å². The highest BCUT2D eigenvalue weighted by atomic mass is 19.4. The maximum atomic E-state index is 13.8. The van der Waals surface area contributed by atoms with Crippen LogP contribution in [0.2, 0.25) is 0 Å². The average molecular weight is 568 g/mol. The number of alkyl halides is 17. The number of halogens is 17. The van der Waals surface area contributed by atoms with Gasteiger partial charge in [-0.1, -0.05) is 24.3 Å². The van der Waals surface area contributed by atoms with Crippen molar-refractivity contribution < 1.29 is 84.7 Å². The van der Waals surface area contributed by atoms with E-state index in [-0.39, 0.29) is 5.46 Å². The SMILES string of the molecule is OB(O)c1ccc(CCC(F)(F)C(F)(F)C(F)(F)C(F)(F)C(F)(F)C(F)(F)C(F)(F)C(F)(F)F)cc1. The lowest BCUT2D eigenvalue weighted by atomic mass is 9.80. The molecule has 208 valence electrons. The van der Waals surface area contributed by atoms with Crippen molar-refractivity contribution in [2.75, 3.05) is 0 Å². The molecule has 0 bridgehead atoms. The molecule has 36 heavy (non-hydrogen) atoms. The maximum Gasteiger partial charge on any atom is 0.488 e. The summed E-state index contributed by atoms with van der Waals surface area (Å²) >= 11 is 0. The zero-order chi connectivity index (χ0) is 29.0. The van der Waals surface area contributed by atoms with E-state index in [0.717, 1.165) is 12.1 Å². The minimum Gasteiger partial charge on any atom is -0.423 e. The van der Waals surface area contributed by atoms with Gasteiger partial charge in [0.25, 0.3) is 0 Å². The number of hydrogen-bond donors (Lipinski definition) is 2. The van der Waals surface area contributed by atoms with Crippen LogP contribution >= 0.6 is 0 Å². The molecule has 2 N–H and O–H groups in total. The van der Waals surface area contributed by atoms with Gasteiger partial charge >= 0.3 is 54.8 Å². The Balaban J connectivity index is 3.40. The minimum absolute atomic E-state index is 0.305. The Bertz CT molecular complexity index is 908. The molecule has 0 spiro atoms. The van der Waals surface area contributed by atoms with Crippen LogP contribution in [0.25, 0.3) is 0 Å². The van der Waals surface area contributed by atoms with Crippen LogP contribution in [-0.2, 0) is 6.42 Å². The molecule has 0 saturated carbocycles. The monoisotopic (exact) mass is 568 g/mol. The fraction of sp³-hybridized carbons (Fsp3) is 0.625. The van der Waals surface area contributed by atoms with Gasteiger partial charge in [0.15, 0.2) is 0 Å². The van der Waals surface area contributed by atoms with E-state index in [1.165, 1.54) is 0 Å². The van der Waals surface area contributed by atoms with Crippen LogP contribution in [0, 0.1) is 0 Å². The van der Waals surface area contributed by atoms with Crippen molar-refractivity contribution >= 4 is 12.6 Å². The highest BCUT2D eigenvalue weighted by molar-refractivity contribution is 6.58. The number of aryl methyl sites for hydroxylation is 1. The predicted molar refractivity (Wildman–Crippen MR) is 85.3 cm³/mol. The summed E-state index contributed by atoms with van der Waals surface area (Å²) in [5.74, 6) is -56.5. The second-order valence-corrected chi connectivity index (χ2v) is 7.26. The van der Waals surface area contributed by atoms with Crippen LogP contribution in [0.15, 0.2) is 24.3 Å². The second kappa shape index (κ2) is 9.09. The summed E-state index contributed by atoms with van der Waals surface area (Å²) in [7, 11) is -2.12. The van der Waals surface area contributed by atoms with Gasteiger partial charge in [-0.05, 0) is 17.4 Å². The lowest BCUT2D eigenvalue weighted by Crippen LogP contribution is -2.74. The van der Waals surface area contributed by atoms with E-state index in [9.17, 15) is 74.6 Å². The Morgan fingerprint density at radius 1 is 0.500 bits per heavy atom. The highest BCUT2D eigenvalue weighted by Crippen LogP contribution is 2.64.